The first-order valence-corrected chi connectivity index (χ1v) is 5.50. The van der Waals surface area contributed by atoms with Crippen molar-refractivity contribution in [1.82, 2.24) is 5.32 Å². The average Bonchev–Trinajstić information content (AvgIpc) is 2.20. The first kappa shape index (κ1) is 12.7. The van der Waals surface area contributed by atoms with Gasteiger partial charge in [0.25, 0.3) is 0 Å². The van der Waals surface area contributed by atoms with Crippen molar-refractivity contribution in [3.63, 3.8) is 0 Å². The minimum atomic E-state index is -0.261. The van der Waals surface area contributed by atoms with Crippen LogP contribution < -0.4 is 11.1 Å². The van der Waals surface area contributed by atoms with Crippen molar-refractivity contribution in [3.05, 3.63) is 35.4 Å². The summed E-state index contributed by atoms with van der Waals surface area (Å²) in [6, 6.07) is 8.20. The SMILES string of the molecule is Cc1ccccc1CC(C)(C)NC(=O)CN. The molecule has 0 bridgehead atoms. The van der Waals surface area contributed by atoms with Gasteiger partial charge in [0.15, 0.2) is 0 Å². The molecule has 0 unspecified atom stereocenters. The number of hydrogen-bond acceptors (Lipinski definition) is 2. The molecule has 0 saturated heterocycles. The molecule has 0 spiro atoms. The highest BCUT2D eigenvalue weighted by molar-refractivity contribution is 5.78. The van der Waals surface area contributed by atoms with Gasteiger partial charge in [-0.25, -0.2) is 0 Å². The molecule has 1 aromatic rings. The smallest absolute Gasteiger partial charge is 0.234 e. The normalized spacial score (nSPS) is 11.2. The Balaban J connectivity index is 2.72. The van der Waals surface area contributed by atoms with E-state index in [0.717, 1.165) is 6.42 Å². The number of amides is 1. The summed E-state index contributed by atoms with van der Waals surface area (Å²) in [5.74, 6) is -0.112. The van der Waals surface area contributed by atoms with Crippen molar-refractivity contribution in [3.8, 4) is 0 Å². The third-order valence-electron chi connectivity index (χ3n) is 2.56. The molecule has 1 rings (SSSR count). The summed E-state index contributed by atoms with van der Waals surface area (Å²) in [5, 5.41) is 2.92. The Morgan fingerprint density at radius 1 is 1.38 bits per heavy atom. The highest BCUT2D eigenvalue weighted by Crippen LogP contribution is 2.15. The minimum Gasteiger partial charge on any atom is -0.350 e. The summed E-state index contributed by atoms with van der Waals surface area (Å²) in [6.45, 7) is 6.13. The fourth-order valence-corrected chi connectivity index (χ4v) is 1.76. The van der Waals surface area contributed by atoms with Gasteiger partial charge in [-0.05, 0) is 38.3 Å². The molecule has 0 atom stereocenters. The van der Waals surface area contributed by atoms with Gasteiger partial charge in [-0.15, -0.1) is 0 Å². The van der Waals surface area contributed by atoms with Crippen LogP contribution in [0, 0.1) is 6.92 Å². The van der Waals surface area contributed by atoms with Gasteiger partial charge in [0, 0.05) is 5.54 Å². The van der Waals surface area contributed by atoms with Crippen LogP contribution in [0.1, 0.15) is 25.0 Å². The molecule has 0 aliphatic carbocycles. The highest BCUT2D eigenvalue weighted by atomic mass is 16.1. The van der Waals surface area contributed by atoms with Crippen LogP contribution in [0.2, 0.25) is 0 Å². The maximum atomic E-state index is 11.3. The summed E-state index contributed by atoms with van der Waals surface area (Å²) >= 11 is 0. The fraction of sp³-hybridized carbons (Fsp3) is 0.462. The third-order valence-corrected chi connectivity index (χ3v) is 2.56. The zero-order chi connectivity index (χ0) is 12.2. The first-order valence-electron chi connectivity index (χ1n) is 5.50. The van der Waals surface area contributed by atoms with Crippen LogP contribution in [0.4, 0.5) is 0 Å². The third kappa shape index (κ3) is 3.66. The van der Waals surface area contributed by atoms with Gasteiger partial charge in [-0.3, -0.25) is 4.79 Å². The molecule has 0 aliphatic heterocycles. The van der Waals surface area contributed by atoms with E-state index in [4.69, 9.17) is 5.73 Å². The van der Waals surface area contributed by atoms with E-state index in [1.54, 1.807) is 0 Å². The Labute approximate surface area is 97.0 Å². The number of nitrogens with one attached hydrogen (secondary N) is 1. The monoisotopic (exact) mass is 220 g/mol. The van der Waals surface area contributed by atoms with E-state index in [1.165, 1.54) is 11.1 Å². The topological polar surface area (TPSA) is 55.1 Å². The van der Waals surface area contributed by atoms with Gasteiger partial charge < -0.3 is 11.1 Å². The van der Waals surface area contributed by atoms with Crippen LogP contribution in [-0.4, -0.2) is 18.0 Å². The fourth-order valence-electron chi connectivity index (χ4n) is 1.76. The van der Waals surface area contributed by atoms with Crippen LogP contribution in [0.3, 0.4) is 0 Å². The van der Waals surface area contributed by atoms with Crippen molar-refractivity contribution in [1.29, 1.82) is 0 Å². The van der Waals surface area contributed by atoms with Gasteiger partial charge in [-0.1, -0.05) is 24.3 Å². The lowest BCUT2D eigenvalue weighted by atomic mass is 9.92. The zero-order valence-corrected chi connectivity index (χ0v) is 10.2. The molecule has 88 valence electrons. The lowest BCUT2D eigenvalue weighted by Gasteiger charge is -2.27. The van der Waals surface area contributed by atoms with E-state index in [9.17, 15) is 4.79 Å². The second-order valence-corrected chi connectivity index (χ2v) is 4.74. The number of benzene rings is 1. The Morgan fingerprint density at radius 3 is 2.56 bits per heavy atom. The number of aryl methyl sites for hydroxylation is 1. The van der Waals surface area contributed by atoms with Gasteiger partial charge in [0.1, 0.15) is 0 Å². The van der Waals surface area contributed by atoms with Crippen LogP contribution in [0.5, 0.6) is 0 Å². The molecule has 1 amide bonds. The van der Waals surface area contributed by atoms with Crippen LogP contribution in [0.15, 0.2) is 24.3 Å². The number of nitrogens with two attached hydrogens (primary N) is 1. The second-order valence-electron chi connectivity index (χ2n) is 4.74. The van der Waals surface area contributed by atoms with Gasteiger partial charge in [0.2, 0.25) is 5.91 Å². The molecule has 0 saturated carbocycles. The van der Waals surface area contributed by atoms with Gasteiger partial charge >= 0.3 is 0 Å². The standard InChI is InChI=1S/C13H20N2O/c1-10-6-4-5-7-11(10)8-13(2,3)15-12(16)9-14/h4-7H,8-9,14H2,1-3H3,(H,15,16). The van der Waals surface area contributed by atoms with Crippen LogP contribution in [0.25, 0.3) is 0 Å². The molecule has 0 aromatic heterocycles. The molecular formula is C13H20N2O. The Kier molecular flexibility index (Phi) is 4.07. The van der Waals surface area contributed by atoms with Crippen molar-refractivity contribution >= 4 is 5.91 Å². The number of carbonyl (C=O) groups excluding carboxylic acids is 1. The number of hydrogen-bond donors (Lipinski definition) is 2. The van der Waals surface area contributed by atoms with Crippen molar-refractivity contribution in [2.45, 2.75) is 32.7 Å². The molecule has 0 heterocycles. The van der Waals surface area contributed by atoms with Crippen molar-refractivity contribution in [2.24, 2.45) is 5.73 Å². The second kappa shape index (κ2) is 5.12. The zero-order valence-electron chi connectivity index (χ0n) is 10.2. The minimum absolute atomic E-state index is 0.0389. The van der Waals surface area contributed by atoms with E-state index in [1.807, 2.05) is 26.0 Å². The Hall–Kier alpha value is -1.35. The largest absolute Gasteiger partial charge is 0.350 e. The quantitative estimate of drug-likeness (QED) is 0.805. The van der Waals surface area contributed by atoms with E-state index in [0.29, 0.717) is 0 Å². The molecule has 0 fully saturated rings. The molecule has 16 heavy (non-hydrogen) atoms. The summed E-state index contributed by atoms with van der Waals surface area (Å²) in [6.07, 6.45) is 0.811. The maximum absolute atomic E-state index is 11.3. The molecule has 1 aromatic carbocycles. The molecule has 0 radical (unpaired) electrons. The van der Waals surface area contributed by atoms with Crippen LogP contribution in [-0.2, 0) is 11.2 Å². The molecular weight excluding hydrogens is 200 g/mol. The van der Waals surface area contributed by atoms with Crippen molar-refractivity contribution in [2.75, 3.05) is 6.54 Å². The lowest BCUT2D eigenvalue weighted by molar-refractivity contribution is -0.121. The van der Waals surface area contributed by atoms with E-state index >= 15 is 0 Å². The summed E-state index contributed by atoms with van der Waals surface area (Å²) in [7, 11) is 0. The molecule has 3 heteroatoms. The number of rotatable bonds is 4. The summed E-state index contributed by atoms with van der Waals surface area (Å²) < 4.78 is 0. The van der Waals surface area contributed by atoms with E-state index in [-0.39, 0.29) is 18.0 Å². The molecule has 3 nitrogen and oxygen atoms in total. The van der Waals surface area contributed by atoms with E-state index < -0.39 is 0 Å². The first-order chi connectivity index (χ1) is 7.44. The Morgan fingerprint density at radius 2 is 2.00 bits per heavy atom. The predicted molar refractivity (Wildman–Crippen MR) is 66.2 cm³/mol. The van der Waals surface area contributed by atoms with E-state index in [2.05, 4.69) is 24.4 Å². The maximum Gasteiger partial charge on any atom is 0.234 e. The molecule has 3 N–H and O–H groups in total. The Bertz CT molecular complexity index is 372. The predicted octanol–water partition coefficient (Wildman–Crippen LogP) is 1.39. The summed E-state index contributed by atoms with van der Waals surface area (Å²) in [4.78, 5) is 11.3. The average molecular weight is 220 g/mol. The van der Waals surface area contributed by atoms with Gasteiger partial charge in [-0.2, -0.15) is 0 Å². The highest BCUT2D eigenvalue weighted by Gasteiger charge is 2.20. The summed E-state index contributed by atoms with van der Waals surface area (Å²) in [5.41, 5.74) is 7.53. The number of carbonyl (C=O) groups is 1. The van der Waals surface area contributed by atoms with Crippen molar-refractivity contribution < 1.29 is 4.79 Å². The molecule has 0 aliphatic rings. The van der Waals surface area contributed by atoms with Gasteiger partial charge in [0.05, 0.1) is 6.54 Å². The van der Waals surface area contributed by atoms with Crippen LogP contribution >= 0.6 is 0 Å². The lowest BCUT2D eigenvalue weighted by Crippen LogP contribution is -2.47.